The number of anilines is 2. The molecule has 7 heteroatoms. The van der Waals surface area contributed by atoms with Crippen molar-refractivity contribution in [2.45, 2.75) is 19.3 Å². The fourth-order valence-electron chi connectivity index (χ4n) is 2.54. The molecule has 1 aromatic carbocycles. The first kappa shape index (κ1) is 16.0. The van der Waals surface area contributed by atoms with Gasteiger partial charge in [0.1, 0.15) is 5.69 Å². The lowest BCUT2D eigenvalue weighted by atomic mass is 10.1. The second-order valence-corrected chi connectivity index (χ2v) is 6.27. The molecule has 0 atom stereocenters. The summed E-state index contributed by atoms with van der Waals surface area (Å²) in [6, 6.07) is 6.48. The number of carbonyl (C=O) groups excluding carboxylic acids is 1. The van der Waals surface area contributed by atoms with Crippen molar-refractivity contribution in [3.63, 3.8) is 0 Å². The van der Waals surface area contributed by atoms with Gasteiger partial charge in [-0.1, -0.05) is 23.2 Å². The number of carbonyl (C=O) groups is 1. The van der Waals surface area contributed by atoms with Crippen molar-refractivity contribution < 1.29 is 4.79 Å². The van der Waals surface area contributed by atoms with Crippen molar-refractivity contribution in [1.29, 1.82) is 0 Å². The number of hydrogen-bond donors (Lipinski definition) is 1. The number of aromatic nitrogens is 2. The highest BCUT2D eigenvalue weighted by Gasteiger charge is 2.16. The first-order chi connectivity index (χ1) is 11.1. The lowest BCUT2D eigenvalue weighted by molar-refractivity contribution is 0.102. The van der Waals surface area contributed by atoms with Crippen LogP contribution in [-0.4, -0.2) is 29.0 Å². The smallest absolute Gasteiger partial charge is 0.274 e. The van der Waals surface area contributed by atoms with Gasteiger partial charge in [-0.3, -0.25) is 4.79 Å². The van der Waals surface area contributed by atoms with E-state index in [1.807, 2.05) is 0 Å². The Labute approximate surface area is 144 Å². The molecule has 1 aliphatic heterocycles. The van der Waals surface area contributed by atoms with Gasteiger partial charge in [0, 0.05) is 35.0 Å². The summed E-state index contributed by atoms with van der Waals surface area (Å²) in [4.78, 5) is 23.1. The Bertz CT molecular complexity index is 697. The van der Waals surface area contributed by atoms with Crippen LogP contribution >= 0.6 is 23.2 Å². The Morgan fingerprint density at radius 3 is 2.48 bits per heavy atom. The number of amides is 1. The fourth-order valence-corrected chi connectivity index (χ4v) is 3.07. The van der Waals surface area contributed by atoms with Crippen LogP contribution in [0.3, 0.4) is 0 Å². The molecule has 120 valence electrons. The van der Waals surface area contributed by atoms with E-state index in [4.69, 9.17) is 23.2 Å². The molecule has 0 spiro atoms. The third kappa shape index (κ3) is 4.12. The third-order valence-corrected chi connectivity index (χ3v) is 4.07. The van der Waals surface area contributed by atoms with E-state index in [-0.39, 0.29) is 5.91 Å². The van der Waals surface area contributed by atoms with E-state index in [0.29, 0.717) is 27.4 Å². The SMILES string of the molecule is O=C(Nc1cc(Cl)cc(Cl)c1)c1ccnc(N2CCCCC2)n1. The predicted octanol–water partition coefficient (Wildman–Crippen LogP) is 4.03. The first-order valence-corrected chi connectivity index (χ1v) is 8.23. The van der Waals surface area contributed by atoms with Crippen LogP contribution in [0.15, 0.2) is 30.5 Å². The van der Waals surface area contributed by atoms with Gasteiger partial charge in [-0.05, 0) is 43.5 Å². The molecule has 0 aliphatic carbocycles. The zero-order chi connectivity index (χ0) is 16.2. The van der Waals surface area contributed by atoms with Crippen LogP contribution in [0.4, 0.5) is 11.6 Å². The number of piperidine rings is 1. The van der Waals surface area contributed by atoms with E-state index in [1.165, 1.54) is 6.42 Å². The molecule has 0 unspecified atom stereocenters. The molecule has 1 saturated heterocycles. The Kier molecular flexibility index (Phi) is 4.98. The Morgan fingerprint density at radius 1 is 1.09 bits per heavy atom. The van der Waals surface area contributed by atoms with Crippen molar-refractivity contribution in [2.24, 2.45) is 0 Å². The number of halogens is 2. The summed E-state index contributed by atoms with van der Waals surface area (Å²) in [7, 11) is 0. The molecular formula is C16H16Cl2N4O. The lowest BCUT2D eigenvalue weighted by Crippen LogP contribution is -2.31. The minimum absolute atomic E-state index is 0.316. The van der Waals surface area contributed by atoms with Crippen LogP contribution in [0.1, 0.15) is 29.8 Å². The molecule has 1 aliphatic rings. The van der Waals surface area contributed by atoms with Crippen LogP contribution < -0.4 is 10.2 Å². The molecular weight excluding hydrogens is 335 g/mol. The molecule has 1 fully saturated rings. The van der Waals surface area contributed by atoms with Gasteiger partial charge in [0.25, 0.3) is 5.91 Å². The Hall–Kier alpha value is -1.85. The third-order valence-electron chi connectivity index (χ3n) is 3.63. The van der Waals surface area contributed by atoms with Gasteiger partial charge < -0.3 is 10.2 Å². The summed E-state index contributed by atoms with van der Waals surface area (Å²) in [6.45, 7) is 1.85. The average Bonchev–Trinajstić information content (AvgIpc) is 2.55. The monoisotopic (exact) mass is 350 g/mol. The zero-order valence-electron chi connectivity index (χ0n) is 12.4. The van der Waals surface area contributed by atoms with E-state index in [1.54, 1.807) is 30.5 Å². The van der Waals surface area contributed by atoms with Gasteiger partial charge in [0.05, 0.1) is 0 Å². The molecule has 23 heavy (non-hydrogen) atoms. The van der Waals surface area contributed by atoms with Crippen molar-refractivity contribution in [2.75, 3.05) is 23.3 Å². The molecule has 5 nitrogen and oxygen atoms in total. The second kappa shape index (κ2) is 7.15. The molecule has 0 radical (unpaired) electrons. The predicted molar refractivity (Wildman–Crippen MR) is 92.5 cm³/mol. The number of nitrogens with one attached hydrogen (secondary N) is 1. The highest BCUT2D eigenvalue weighted by atomic mass is 35.5. The molecule has 1 N–H and O–H groups in total. The van der Waals surface area contributed by atoms with Crippen LogP contribution in [-0.2, 0) is 0 Å². The molecule has 0 saturated carbocycles. The van der Waals surface area contributed by atoms with Gasteiger partial charge >= 0.3 is 0 Å². The van der Waals surface area contributed by atoms with E-state index < -0.39 is 0 Å². The number of hydrogen-bond acceptors (Lipinski definition) is 4. The minimum Gasteiger partial charge on any atom is -0.341 e. The second-order valence-electron chi connectivity index (χ2n) is 5.40. The molecule has 0 bridgehead atoms. The van der Waals surface area contributed by atoms with Crippen molar-refractivity contribution >= 4 is 40.7 Å². The first-order valence-electron chi connectivity index (χ1n) is 7.47. The van der Waals surface area contributed by atoms with Gasteiger partial charge in [0.15, 0.2) is 0 Å². The molecule has 2 aromatic rings. The van der Waals surface area contributed by atoms with E-state index in [9.17, 15) is 4.79 Å². The number of nitrogens with zero attached hydrogens (tertiary/aromatic N) is 3. The van der Waals surface area contributed by atoms with Gasteiger partial charge in [-0.2, -0.15) is 0 Å². The molecule has 1 amide bonds. The van der Waals surface area contributed by atoms with Crippen molar-refractivity contribution in [3.8, 4) is 0 Å². The van der Waals surface area contributed by atoms with Crippen LogP contribution in [0.2, 0.25) is 10.0 Å². The maximum atomic E-state index is 12.4. The highest BCUT2D eigenvalue weighted by Crippen LogP contribution is 2.23. The molecule has 2 heterocycles. The zero-order valence-corrected chi connectivity index (χ0v) is 13.9. The summed E-state index contributed by atoms with van der Waals surface area (Å²) in [5.74, 6) is 0.283. The van der Waals surface area contributed by atoms with Gasteiger partial charge in [-0.15, -0.1) is 0 Å². The van der Waals surface area contributed by atoms with E-state index >= 15 is 0 Å². The largest absolute Gasteiger partial charge is 0.341 e. The lowest BCUT2D eigenvalue weighted by Gasteiger charge is -2.26. The topological polar surface area (TPSA) is 58.1 Å². The fraction of sp³-hybridized carbons (Fsp3) is 0.312. The Balaban J connectivity index is 1.76. The Morgan fingerprint density at radius 2 is 1.78 bits per heavy atom. The van der Waals surface area contributed by atoms with Crippen molar-refractivity contribution in [1.82, 2.24) is 9.97 Å². The normalized spacial score (nSPS) is 14.6. The maximum absolute atomic E-state index is 12.4. The summed E-state index contributed by atoms with van der Waals surface area (Å²) in [5.41, 5.74) is 0.849. The average molecular weight is 351 g/mol. The van der Waals surface area contributed by atoms with Crippen LogP contribution in [0.5, 0.6) is 0 Å². The quantitative estimate of drug-likeness (QED) is 0.907. The summed E-state index contributed by atoms with van der Waals surface area (Å²) in [5, 5.41) is 3.68. The van der Waals surface area contributed by atoms with Gasteiger partial charge in [-0.25, -0.2) is 9.97 Å². The maximum Gasteiger partial charge on any atom is 0.274 e. The molecule has 1 aromatic heterocycles. The standard InChI is InChI=1S/C16H16Cl2N4O/c17-11-8-12(18)10-13(9-11)20-15(23)14-4-5-19-16(21-14)22-6-2-1-3-7-22/h4-5,8-10H,1-3,6-7H2,(H,20,23). The number of benzene rings is 1. The van der Waals surface area contributed by atoms with E-state index in [2.05, 4.69) is 20.2 Å². The van der Waals surface area contributed by atoms with E-state index in [0.717, 1.165) is 25.9 Å². The summed E-state index contributed by atoms with van der Waals surface area (Å²) >= 11 is 11.9. The summed E-state index contributed by atoms with van der Waals surface area (Å²) in [6.07, 6.45) is 5.09. The summed E-state index contributed by atoms with van der Waals surface area (Å²) < 4.78 is 0. The van der Waals surface area contributed by atoms with Crippen molar-refractivity contribution in [3.05, 3.63) is 46.2 Å². The highest BCUT2D eigenvalue weighted by molar-refractivity contribution is 6.35. The van der Waals surface area contributed by atoms with Gasteiger partial charge in [0.2, 0.25) is 5.95 Å². The van der Waals surface area contributed by atoms with Crippen LogP contribution in [0.25, 0.3) is 0 Å². The minimum atomic E-state index is -0.316. The molecule has 3 rings (SSSR count). The number of rotatable bonds is 3. The van der Waals surface area contributed by atoms with Crippen LogP contribution in [0, 0.1) is 0 Å².